The molecule has 0 unspecified atom stereocenters. The van der Waals surface area contributed by atoms with Crippen molar-refractivity contribution in [3.63, 3.8) is 0 Å². The molecule has 0 aliphatic heterocycles. The van der Waals surface area contributed by atoms with E-state index in [1.807, 2.05) is 12.1 Å². The van der Waals surface area contributed by atoms with Crippen LogP contribution in [0.1, 0.15) is 10.5 Å². The lowest BCUT2D eigenvalue weighted by Crippen LogP contribution is -2.25. The molecule has 0 aliphatic rings. The lowest BCUT2D eigenvalue weighted by atomic mass is 10.1. The van der Waals surface area contributed by atoms with E-state index in [1.54, 1.807) is 35.9 Å². The van der Waals surface area contributed by atoms with E-state index in [-0.39, 0.29) is 16.2 Å². The largest absolute Gasteiger partial charge is 0.495 e. The van der Waals surface area contributed by atoms with Gasteiger partial charge in [0.2, 0.25) is 0 Å². The predicted octanol–water partition coefficient (Wildman–Crippen LogP) is 3.24. The van der Waals surface area contributed by atoms with Crippen molar-refractivity contribution in [3.05, 3.63) is 63.5 Å². The standard InChI is InChI=1S/C19H14ClN3O4/c1-22-13-6-4-3-5-11(13)15-16(19(25)26)21-23(18(24)17(15)22)10-7-8-14(27-2)12(20)9-10/h3-9H,1-2H3,(H,25,26). The van der Waals surface area contributed by atoms with Gasteiger partial charge >= 0.3 is 5.97 Å². The average Bonchev–Trinajstić information content (AvgIpc) is 2.96. The Bertz CT molecular complexity index is 1290. The third-order valence-electron chi connectivity index (χ3n) is 4.52. The molecule has 2 heterocycles. The van der Waals surface area contributed by atoms with Crippen molar-refractivity contribution in [1.82, 2.24) is 14.3 Å². The van der Waals surface area contributed by atoms with E-state index in [4.69, 9.17) is 16.3 Å². The van der Waals surface area contributed by atoms with Gasteiger partial charge in [0.15, 0.2) is 5.69 Å². The SMILES string of the molecule is COc1ccc(-n2nc(C(=O)O)c3c4ccccc4n(C)c3c2=O)cc1Cl. The molecule has 136 valence electrons. The van der Waals surface area contributed by atoms with Gasteiger partial charge in [0.05, 0.1) is 17.8 Å². The highest BCUT2D eigenvalue weighted by atomic mass is 35.5. The Labute approximate surface area is 158 Å². The van der Waals surface area contributed by atoms with Gasteiger partial charge in [0.25, 0.3) is 5.56 Å². The molecule has 2 aromatic carbocycles. The number of aryl methyl sites for hydroxylation is 1. The Morgan fingerprint density at radius 3 is 2.63 bits per heavy atom. The Balaban J connectivity index is 2.15. The van der Waals surface area contributed by atoms with Crippen LogP contribution in [0, 0.1) is 0 Å². The minimum atomic E-state index is -1.22. The smallest absolute Gasteiger partial charge is 0.357 e. The fraction of sp³-hybridized carbons (Fsp3) is 0.105. The number of carboxylic acid groups (broad SMARTS) is 1. The molecular weight excluding hydrogens is 370 g/mol. The van der Waals surface area contributed by atoms with Crippen molar-refractivity contribution in [2.45, 2.75) is 0 Å². The van der Waals surface area contributed by atoms with Gasteiger partial charge in [-0.05, 0) is 24.3 Å². The molecule has 0 spiro atoms. The number of rotatable bonds is 3. The summed E-state index contributed by atoms with van der Waals surface area (Å²) >= 11 is 6.16. The van der Waals surface area contributed by atoms with Crippen LogP contribution in [0.15, 0.2) is 47.3 Å². The molecule has 0 bridgehead atoms. The summed E-state index contributed by atoms with van der Waals surface area (Å²) in [5.74, 6) is -0.776. The first-order chi connectivity index (χ1) is 12.9. The highest BCUT2D eigenvalue weighted by molar-refractivity contribution is 6.32. The summed E-state index contributed by atoms with van der Waals surface area (Å²) in [4.78, 5) is 25.1. The first-order valence-electron chi connectivity index (χ1n) is 8.01. The van der Waals surface area contributed by atoms with Crippen LogP contribution < -0.4 is 10.3 Å². The van der Waals surface area contributed by atoms with Crippen LogP contribution in [0.25, 0.3) is 27.5 Å². The molecular formula is C19H14ClN3O4. The van der Waals surface area contributed by atoms with Gasteiger partial charge in [0.1, 0.15) is 11.3 Å². The predicted molar refractivity (Wildman–Crippen MR) is 102 cm³/mol. The van der Waals surface area contributed by atoms with Gasteiger partial charge < -0.3 is 14.4 Å². The van der Waals surface area contributed by atoms with E-state index in [9.17, 15) is 14.7 Å². The zero-order chi connectivity index (χ0) is 19.3. The third kappa shape index (κ3) is 2.47. The molecule has 0 aliphatic carbocycles. The second-order valence-electron chi connectivity index (χ2n) is 5.99. The fourth-order valence-electron chi connectivity index (χ4n) is 3.29. The number of halogens is 1. The Kier molecular flexibility index (Phi) is 3.89. The van der Waals surface area contributed by atoms with Gasteiger partial charge in [0, 0.05) is 23.3 Å². The summed E-state index contributed by atoms with van der Waals surface area (Å²) in [6, 6.07) is 11.9. The van der Waals surface area contributed by atoms with E-state index < -0.39 is 11.5 Å². The normalized spacial score (nSPS) is 11.2. The van der Waals surface area contributed by atoms with Crippen LogP contribution in [-0.2, 0) is 7.05 Å². The Morgan fingerprint density at radius 2 is 1.96 bits per heavy atom. The highest BCUT2D eigenvalue weighted by Gasteiger charge is 2.23. The maximum absolute atomic E-state index is 13.2. The number of aromatic nitrogens is 3. The molecule has 0 amide bonds. The van der Waals surface area contributed by atoms with Crippen molar-refractivity contribution in [1.29, 1.82) is 0 Å². The summed E-state index contributed by atoms with van der Waals surface area (Å²) in [7, 11) is 3.21. The molecule has 0 saturated heterocycles. The second kappa shape index (κ2) is 6.14. The van der Waals surface area contributed by atoms with Gasteiger partial charge in [-0.25, -0.2) is 4.79 Å². The van der Waals surface area contributed by atoms with Crippen LogP contribution in [0.4, 0.5) is 0 Å². The first-order valence-corrected chi connectivity index (χ1v) is 8.39. The van der Waals surface area contributed by atoms with Crippen LogP contribution in [-0.4, -0.2) is 32.5 Å². The molecule has 2 aromatic heterocycles. The highest BCUT2D eigenvalue weighted by Crippen LogP contribution is 2.29. The molecule has 0 atom stereocenters. The number of hydrogen-bond donors (Lipinski definition) is 1. The van der Waals surface area contributed by atoms with Crippen molar-refractivity contribution >= 4 is 39.4 Å². The van der Waals surface area contributed by atoms with Crippen LogP contribution >= 0.6 is 11.6 Å². The van der Waals surface area contributed by atoms with E-state index in [2.05, 4.69) is 5.10 Å². The molecule has 4 rings (SSSR count). The zero-order valence-electron chi connectivity index (χ0n) is 14.4. The van der Waals surface area contributed by atoms with Gasteiger partial charge in [-0.2, -0.15) is 9.78 Å². The van der Waals surface area contributed by atoms with Crippen molar-refractivity contribution in [3.8, 4) is 11.4 Å². The Hall–Kier alpha value is -3.32. The molecule has 0 radical (unpaired) electrons. The number of ether oxygens (including phenoxy) is 1. The zero-order valence-corrected chi connectivity index (χ0v) is 15.2. The maximum Gasteiger partial charge on any atom is 0.357 e. The summed E-state index contributed by atoms with van der Waals surface area (Å²) in [6.07, 6.45) is 0. The summed E-state index contributed by atoms with van der Waals surface area (Å²) < 4.78 is 7.85. The van der Waals surface area contributed by atoms with E-state index in [0.29, 0.717) is 22.2 Å². The second-order valence-corrected chi connectivity index (χ2v) is 6.40. The molecule has 8 heteroatoms. The number of methoxy groups -OCH3 is 1. The van der Waals surface area contributed by atoms with E-state index >= 15 is 0 Å². The van der Waals surface area contributed by atoms with E-state index in [0.717, 1.165) is 10.2 Å². The van der Waals surface area contributed by atoms with E-state index in [1.165, 1.54) is 13.2 Å². The van der Waals surface area contributed by atoms with Gasteiger partial charge in [-0.3, -0.25) is 4.79 Å². The van der Waals surface area contributed by atoms with Crippen molar-refractivity contribution < 1.29 is 14.6 Å². The Morgan fingerprint density at radius 1 is 1.22 bits per heavy atom. The molecule has 27 heavy (non-hydrogen) atoms. The minimum Gasteiger partial charge on any atom is -0.495 e. The quantitative estimate of drug-likeness (QED) is 0.587. The van der Waals surface area contributed by atoms with Gasteiger partial charge in [-0.15, -0.1) is 0 Å². The number of nitrogens with zero attached hydrogens (tertiary/aromatic N) is 3. The van der Waals surface area contributed by atoms with Crippen molar-refractivity contribution in [2.24, 2.45) is 7.05 Å². The van der Waals surface area contributed by atoms with Crippen LogP contribution in [0.2, 0.25) is 5.02 Å². The van der Waals surface area contributed by atoms with Crippen LogP contribution in [0.3, 0.4) is 0 Å². The number of aromatic carboxylic acids is 1. The maximum atomic E-state index is 13.2. The van der Waals surface area contributed by atoms with Crippen LogP contribution in [0.5, 0.6) is 5.75 Å². The summed E-state index contributed by atoms with van der Waals surface area (Å²) in [5.41, 5.74) is 0.721. The van der Waals surface area contributed by atoms with Crippen molar-refractivity contribution in [2.75, 3.05) is 7.11 Å². The summed E-state index contributed by atoms with van der Waals surface area (Å²) in [5, 5.41) is 15.1. The average molecular weight is 384 g/mol. The number of carboxylic acids is 1. The first kappa shape index (κ1) is 17.1. The fourth-order valence-corrected chi connectivity index (χ4v) is 3.54. The topological polar surface area (TPSA) is 86.3 Å². The van der Waals surface area contributed by atoms with Gasteiger partial charge in [-0.1, -0.05) is 29.8 Å². The molecule has 7 nitrogen and oxygen atoms in total. The molecule has 1 N–H and O–H groups in total. The molecule has 4 aromatic rings. The lowest BCUT2D eigenvalue weighted by molar-refractivity contribution is 0.0691. The monoisotopic (exact) mass is 383 g/mol. The number of hydrogen-bond acceptors (Lipinski definition) is 4. The number of benzene rings is 2. The summed E-state index contributed by atoms with van der Waals surface area (Å²) in [6.45, 7) is 0. The minimum absolute atomic E-state index is 0.201. The molecule has 0 fully saturated rings. The lowest BCUT2D eigenvalue weighted by Gasteiger charge is -2.10. The number of para-hydroxylation sites is 1. The third-order valence-corrected chi connectivity index (χ3v) is 4.82. The molecule has 0 saturated carbocycles. The number of carbonyl (C=O) groups is 1. The number of fused-ring (bicyclic) bond motifs is 3.